The van der Waals surface area contributed by atoms with Gasteiger partial charge in [0, 0.05) is 6.54 Å². The van der Waals surface area contributed by atoms with E-state index in [1.54, 1.807) is 0 Å². The SMILES string of the molecule is O=C1C[C@H](NC(=O)N2CC[C@@H]3[C@H]2C(=O)N3S(=O)(=O)[O-])C(=O)N1.[Na+]. The number of nitrogens with zero attached hydrogens (tertiary/aromatic N) is 2. The van der Waals surface area contributed by atoms with E-state index >= 15 is 0 Å². The van der Waals surface area contributed by atoms with Gasteiger partial charge in [0.25, 0.3) is 5.91 Å². The zero-order valence-corrected chi connectivity index (χ0v) is 14.8. The number of carbonyl (C=O) groups excluding carboxylic acids is 4. The number of imide groups is 1. The minimum Gasteiger partial charge on any atom is -0.731 e. The predicted octanol–water partition coefficient (Wildman–Crippen LogP) is -6.14. The maximum atomic E-state index is 12.1. The topological polar surface area (TPSA) is 156 Å². The van der Waals surface area contributed by atoms with E-state index in [0.29, 0.717) is 0 Å². The number of rotatable bonds is 2. The van der Waals surface area contributed by atoms with Gasteiger partial charge in [-0.05, 0) is 6.42 Å². The average molecular weight is 354 g/mol. The Kier molecular flexibility index (Phi) is 4.74. The maximum Gasteiger partial charge on any atom is 1.00 e. The Morgan fingerprint density at radius 1 is 1.30 bits per heavy atom. The summed E-state index contributed by atoms with van der Waals surface area (Å²) in [6.07, 6.45) is -0.0391. The zero-order valence-electron chi connectivity index (χ0n) is 12.0. The molecule has 0 aliphatic carbocycles. The van der Waals surface area contributed by atoms with Crippen molar-refractivity contribution >= 4 is 34.1 Å². The van der Waals surface area contributed by atoms with Crippen molar-refractivity contribution in [1.82, 2.24) is 19.8 Å². The van der Waals surface area contributed by atoms with Crippen LogP contribution in [0.25, 0.3) is 0 Å². The van der Waals surface area contributed by atoms with Crippen LogP contribution in [0.3, 0.4) is 0 Å². The summed E-state index contributed by atoms with van der Waals surface area (Å²) in [7, 11) is -4.89. The molecule has 0 radical (unpaired) electrons. The number of urea groups is 1. The molecule has 0 aromatic heterocycles. The molecule has 23 heavy (non-hydrogen) atoms. The minimum atomic E-state index is -4.89. The summed E-state index contributed by atoms with van der Waals surface area (Å²) >= 11 is 0. The van der Waals surface area contributed by atoms with Gasteiger partial charge in [0.1, 0.15) is 12.1 Å². The molecule has 3 aliphatic heterocycles. The largest absolute Gasteiger partial charge is 1.00 e. The van der Waals surface area contributed by atoms with E-state index in [4.69, 9.17) is 0 Å². The molecular formula is C10H11N4NaO7S. The second-order valence-corrected chi connectivity index (χ2v) is 6.45. The molecule has 3 atom stereocenters. The molecule has 3 saturated heterocycles. The normalized spacial score (nSPS) is 29.6. The molecule has 0 spiro atoms. The molecule has 3 rings (SSSR count). The van der Waals surface area contributed by atoms with Crippen molar-refractivity contribution in [3.05, 3.63) is 0 Å². The number of amides is 5. The number of hydrogen-bond donors (Lipinski definition) is 2. The van der Waals surface area contributed by atoms with Crippen LogP contribution >= 0.6 is 0 Å². The fourth-order valence-electron chi connectivity index (χ4n) is 2.94. The van der Waals surface area contributed by atoms with E-state index in [2.05, 4.69) is 5.32 Å². The fourth-order valence-corrected chi connectivity index (χ4v) is 3.82. The maximum absolute atomic E-state index is 12.1. The van der Waals surface area contributed by atoms with Crippen molar-refractivity contribution in [2.45, 2.75) is 31.0 Å². The van der Waals surface area contributed by atoms with Crippen LogP contribution in [0.1, 0.15) is 12.8 Å². The molecule has 3 aliphatic rings. The molecule has 0 unspecified atom stereocenters. The molecule has 2 N–H and O–H groups in total. The summed E-state index contributed by atoms with van der Waals surface area (Å²) in [4.78, 5) is 47.3. The van der Waals surface area contributed by atoms with Crippen LogP contribution in [0.4, 0.5) is 4.79 Å². The van der Waals surface area contributed by atoms with E-state index in [0.717, 1.165) is 4.90 Å². The molecule has 3 heterocycles. The van der Waals surface area contributed by atoms with Crippen LogP contribution in [-0.2, 0) is 24.7 Å². The zero-order chi connectivity index (χ0) is 16.2. The second-order valence-electron chi connectivity index (χ2n) is 5.20. The van der Waals surface area contributed by atoms with E-state index in [1.807, 2.05) is 5.32 Å². The van der Waals surface area contributed by atoms with Gasteiger partial charge in [0.05, 0.1) is 12.5 Å². The first-order chi connectivity index (χ1) is 10.2. The number of likely N-dealkylation sites (tertiary alicyclic amines) is 1. The molecule has 13 heteroatoms. The molecule has 11 nitrogen and oxygen atoms in total. The van der Waals surface area contributed by atoms with Crippen molar-refractivity contribution in [3.63, 3.8) is 0 Å². The Hall–Kier alpha value is -1.21. The first-order valence-corrected chi connectivity index (χ1v) is 7.76. The molecule has 0 aromatic carbocycles. The Balaban J connectivity index is 0.00000192. The van der Waals surface area contributed by atoms with Crippen LogP contribution in [0, 0.1) is 0 Å². The first kappa shape index (κ1) is 18.1. The van der Waals surface area contributed by atoms with Crippen molar-refractivity contribution in [3.8, 4) is 0 Å². The molecule has 0 saturated carbocycles. The second kappa shape index (κ2) is 6.02. The summed E-state index contributed by atoms with van der Waals surface area (Å²) in [5.41, 5.74) is 0. The Bertz CT molecular complexity index is 695. The molecule has 120 valence electrons. The summed E-state index contributed by atoms with van der Waals surface area (Å²) in [5.74, 6) is -2.12. The van der Waals surface area contributed by atoms with Crippen LogP contribution in [0.5, 0.6) is 0 Å². The minimum absolute atomic E-state index is 0. The average Bonchev–Trinajstić information content (AvgIpc) is 2.88. The van der Waals surface area contributed by atoms with Gasteiger partial charge in [0.15, 0.2) is 10.3 Å². The molecule has 3 fully saturated rings. The quantitative estimate of drug-likeness (QED) is 0.216. The summed E-state index contributed by atoms with van der Waals surface area (Å²) in [6, 6.07) is -3.66. The van der Waals surface area contributed by atoms with E-state index in [9.17, 15) is 32.1 Å². The Morgan fingerprint density at radius 2 is 1.96 bits per heavy atom. The fraction of sp³-hybridized carbons (Fsp3) is 0.600. The van der Waals surface area contributed by atoms with Gasteiger partial charge >= 0.3 is 35.6 Å². The van der Waals surface area contributed by atoms with Gasteiger partial charge < -0.3 is 14.8 Å². The summed E-state index contributed by atoms with van der Waals surface area (Å²) < 4.78 is 33.1. The van der Waals surface area contributed by atoms with Crippen molar-refractivity contribution < 1.29 is 61.7 Å². The number of nitrogens with one attached hydrogen (secondary N) is 2. The van der Waals surface area contributed by atoms with Crippen LogP contribution in [0.15, 0.2) is 0 Å². The molecule has 5 amide bonds. The van der Waals surface area contributed by atoms with E-state index in [-0.39, 0.29) is 53.2 Å². The molecular weight excluding hydrogens is 343 g/mol. The van der Waals surface area contributed by atoms with Crippen LogP contribution < -0.4 is 40.2 Å². The third-order valence-corrected chi connectivity index (χ3v) is 4.84. The van der Waals surface area contributed by atoms with Crippen molar-refractivity contribution in [1.29, 1.82) is 0 Å². The van der Waals surface area contributed by atoms with Gasteiger partial charge in [-0.2, -0.15) is 0 Å². The summed E-state index contributed by atoms with van der Waals surface area (Å²) in [6.45, 7) is 0.0706. The van der Waals surface area contributed by atoms with Gasteiger partial charge in [0.2, 0.25) is 11.8 Å². The standard InChI is InChI=1S/C10H12N4O7S.Na/c15-6-3-4(8(16)12-6)11-10(18)13-2-1-5-7(13)9(17)14(5)22(19,20)21;/h4-5,7H,1-3H2,(H,11,18)(H,12,15,16)(H,19,20,21);/q;+1/p-1/t4-,5+,7-;/m0./s1. The van der Waals surface area contributed by atoms with Gasteiger partial charge in [-0.3, -0.25) is 19.7 Å². The van der Waals surface area contributed by atoms with Crippen molar-refractivity contribution in [2.24, 2.45) is 0 Å². The van der Waals surface area contributed by atoms with E-state index in [1.165, 1.54) is 0 Å². The molecule has 0 aromatic rings. The van der Waals surface area contributed by atoms with Crippen LogP contribution in [-0.4, -0.2) is 70.6 Å². The monoisotopic (exact) mass is 354 g/mol. The van der Waals surface area contributed by atoms with Crippen molar-refractivity contribution in [2.75, 3.05) is 6.54 Å². The molecule has 0 bridgehead atoms. The number of hydrogen-bond acceptors (Lipinski definition) is 7. The number of fused-ring (bicyclic) bond motifs is 1. The third kappa shape index (κ3) is 2.96. The summed E-state index contributed by atoms with van der Waals surface area (Å²) in [5, 5.41) is 4.34. The smallest absolute Gasteiger partial charge is 0.731 e. The van der Waals surface area contributed by atoms with Gasteiger partial charge in [-0.1, -0.05) is 0 Å². The van der Waals surface area contributed by atoms with Gasteiger partial charge in [-0.15, -0.1) is 0 Å². The Labute approximate surface area is 152 Å². The van der Waals surface area contributed by atoms with Gasteiger partial charge in [-0.25, -0.2) is 17.5 Å². The number of β-lactam (4-membered cyclic amide) rings is 1. The third-order valence-electron chi connectivity index (χ3n) is 3.91. The van der Waals surface area contributed by atoms with Crippen LogP contribution in [0.2, 0.25) is 0 Å². The Morgan fingerprint density at radius 3 is 2.48 bits per heavy atom. The first-order valence-electron chi connectivity index (χ1n) is 6.40. The predicted molar refractivity (Wildman–Crippen MR) is 65.5 cm³/mol. The van der Waals surface area contributed by atoms with E-state index < -0.39 is 52.2 Å². The number of carbonyl (C=O) groups is 4.